The lowest BCUT2D eigenvalue weighted by molar-refractivity contribution is -0.119. The molecule has 4 heteroatoms. The molecule has 0 fully saturated rings. The van der Waals surface area contributed by atoms with Gasteiger partial charge >= 0.3 is 0 Å². The third-order valence-electron chi connectivity index (χ3n) is 1.34. The maximum Gasteiger partial charge on any atom is 0.217 e. The van der Waals surface area contributed by atoms with E-state index in [-0.39, 0.29) is 18.1 Å². The van der Waals surface area contributed by atoms with Crippen LogP contribution in [0, 0.1) is 5.82 Å². The minimum atomic E-state index is -0.397. The maximum atomic E-state index is 12.8. The zero-order chi connectivity index (χ0) is 8.97. The Balaban J connectivity index is 2.63. The molecule has 1 amide bonds. The second-order valence-corrected chi connectivity index (χ2v) is 2.34. The van der Waals surface area contributed by atoms with Gasteiger partial charge in [-0.05, 0) is 12.1 Å². The number of carbonyl (C=O) groups is 1. The molecule has 0 bridgehead atoms. The number of hydrogen-bond acceptors (Lipinski definition) is 2. The first kappa shape index (κ1) is 8.64. The fourth-order valence-corrected chi connectivity index (χ4v) is 0.757. The Morgan fingerprint density at radius 1 is 1.75 bits per heavy atom. The van der Waals surface area contributed by atoms with E-state index in [9.17, 15) is 9.18 Å². The molecule has 3 nitrogen and oxygen atoms in total. The number of pyridine rings is 1. The van der Waals surface area contributed by atoms with Crippen molar-refractivity contribution in [2.24, 2.45) is 0 Å². The molecule has 0 saturated heterocycles. The van der Waals surface area contributed by atoms with Gasteiger partial charge in [-0.25, -0.2) is 4.39 Å². The van der Waals surface area contributed by atoms with Gasteiger partial charge in [-0.3, -0.25) is 9.78 Å². The second kappa shape index (κ2) is 3.80. The van der Waals surface area contributed by atoms with Gasteiger partial charge in [-0.1, -0.05) is 0 Å². The van der Waals surface area contributed by atoms with E-state index in [1.165, 1.54) is 25.3 Å². The lowest BCUT2D eigenvalue weighted by atomic mass is 10.3. The summed E-state index contributed by atoms with van der Waals surface area (Å²) in [5.41, 5.74) is 0.257. The molecule has 0 unspecified atom stereocenters. The molecule has 0 aliphatic heterocycles. The Labute approximate surface area is 69.6 Å². The average molecular weight is 168 g/mol. The second-order valence-electron chi connectivity index (χ2n) is 2.34. The van der Waals surface area contributed by atoms with Gasteiger partial charge in [0.15, 0.2) is 0 Å². The molecule has 12 heavy (non-hydrogen) atoms. The molecule has 1 heterocycles. The van der Waals surface area contributed by atoms with Crippen LogP contribution in [0.2, 0.25) is 0 Å². The molecular formula is C8H9FN2O. The van der Waals surface area contributed by atoms with Crippen LogP contribution >= 0.6 is 0 Å². The molecule has 1 aromatic heterocycles. The Kier molecular flexibility index (Phi) is 2.74. The third-order valence-corrected chi connectivity index (χ3v) is 1.34. The zero-order valence-corrected chi connectivity index (χ0v) is 6.67. The number of rotatable bonds is 2. The van der Waals surface area contributed by atoms with E-state index in [4.69, 9.17) is 0 Å². The van der Waals surface area contributed by atoms with Gasteiger partial charge in [0.05, 0.1) is 12.2 Å². The maximum absolute atomic E-state index is 12.8. The fourth-order valence-electron chi connectivity index (χ4n) is 0.757. The highest BCUT2D eigenvalue weighted by molar-refractivity contribution is 5.72. The van der Waals surface area contributed by atoms with Crippen molar-refractivity contribution in [3.63, 3.8) is 0 Å². The molecule has 0 atom stereocenters. The van der Waals surface area contributed by atoms with Gasteiger partial charge in [-0.2, -0.15) is 0 Å². The van der Waals surface area contributed by atoms with Crippen molar-refractivity contribution in [1.29, 1.82) is 0 Å². The molecule has 64 valence electrons. The minimum absolute atomic E-state index is 0.141. The summed E-state index contributed by atoms with van der Waals surface area (Å²) in [7, 11) is 0. The van der Waals surface area contributed by atoms with Gasteiger partial charge in [0.25, 0.3) is 0 Å². The molecular weight excluding hydrogens is 159 g/mol. The molecule has 0 spiro atoms. The molecule has 0 saturated carbocycles. The Morgan fingerprint density at radius 2 is 2.50 bits per heavy atom. The lowest BCUT2D eigenvalue weighted by Crippen LogP contribution is -2.20. The van der Waals surface area contributed by atoms with E-state index >= 15 is 0 Å². The summed E-state index contributed by atoms with van der Waals surface area (Å²) in [6.07, 6.45) is 1.49. The van der Waals surface area contributed by atoms with Crippen LogP contribution in [0.5, 0.6) is 0 Å². The van der Waals surface area contributed by atoms with Crippen LogP contribution in [-0.4, -0.2) is 10.9 Å². The topological polar surface area (TPSA) is 42.0 Å². The van der Waals surface area contributed by atoms with Crippen molar-refractivity contribution in [2.75, 3.05) is 0 Å². The minimum Gasteiger partial charge on any atom is -0.351 e. The third kappa shape index (κ3) is 2.30. The first-order chi connectivity index (χ1) is 5.70. The quantitative estimate of drug-likeness (QED) is 0.711. The average Bonchev–Trinajstić information content (AvgIpc) is 2.03. The summed E-state index contributed by atoms with van der Waals surface area (Å²) in [5.74, 6) is -0.591. The standard InChI is InChI=1S/C8H9FN2O/c1-6(12)11-5-8-7(9)3-2-4-10-8/h2-4H,5H2,1H3,(H,11,12). The van der Waals surface area contributed by atoms with E-state index in [1.54, 1.807) is 0 Å². The van der Waals surface area contributed by atoms with E-state index in [0.717, 1.165) is 0 Å². The molecule has 1 aromatic rings. The SMILES string of the molecule is CC(=O)NCc1ncccc1F. The normalized spacial score (nSPS) is 9.50. The van der Waals surface area contributed by atoms with E-state index in [0.29, 0.717) is 0 Å². The zero-order valence-electron chi connectivity index (χ0n) is 6.67. The van der Waals surface area contributed by atoms with Crippen LogP contribution in [0.25, 0.3) is 0 Å². The predicted molar refractivity (Wildman–Crippen MR) is 41.7 cm³/mol. The van der Waals surface area contributed by atoms with Gasteiger partial charge in [0.2, 0.25) is 5.91 Å². The van der Waals surface area contributed by atoms with Crippen LogP contribution in [0.1, 0.15) is 12.6 Å². The largest absolute Gasteiger partial charge is 0.351 e. The van der Waals surface area contributed by atoms with Crippen molar-refractivity contribution in [1.82, 2.24) is 10.3 Å². The highest BCUT2D eigenvalue weighted by Crippen LogP contribution is 2.00. The van der Waals surface area contributed by atoms with Crippen LogP contribution in [0.3, 0.4) is 0 Å². The van der Waals surface area contributed by atoms with Gasteiger partial charge < -0.3 is 5.32 Å². The van der Waals surface area contributed by atoms with Crippen molar-refractivity contribution in [2.45, 2.75) is 13.5 Å². The Hall–Kier alpha value is -1.45. The van der Waals surface area contributed by atoms with Crippen LogP contribution in [-0.2, 0) is 11.3 Å². The molecule has 0 aliphatic rings. The van der Waals surface area contributed by atoms with Crippen LogP contribution < -0.4 is 5.32 Å². The summed E-state index contributed by atoms with van der Waals surface area (Å²) in [6, 6.07) is 2.82. The number of halogens is 1. The number of hydrogen-bond donors (Lipinski definition) is 1. The molecule has 0 aromatic carbocycles. The number of nitrogens with one attached hydrogen (secondary N) is 1. The number of aromatic nitrogens is 1. The monoisotopic (exact) mass is 168 g/mol. The first-order valence-corrected chi connectivity index (χ1v) is 3.54. The van der Waals surface area contributed by atoms with Crippen molar-refractivity contribution in [3.05, 3.63) is 29.8 Å². The molecule has 0 aliphatic carbocycles. The highest BCUT2D eigenvalue weighted by Gasteiger charge is 2.01. The summed E-state index contributed by atoms with van der Waals surface area (Å²) < 4.78 is 12.8. The predicted octanol–water partition coefficient (Wildman–Crippen LogP) is 0.857. The van der Waals surface area contributed by atoms with E-state index < -0.39 is 5.82 Å². The summed E-state index contributed by atoms with van der Waals surface area (Å²) in [5, 5.41) is 2.46. The van der Waals surface area contributed by atoms with Gasteiger partial charge in [0.1, 0.15) is 5.82 Å². The number of carbonyl (C=O) groups excluding carboxylic acids is 1. The number of amides is 1. The van der Waals surface area contributed by atoms with E-state index in [1.807, 2.05) is 0 Å². The summed E-state index contributed by atoms with van der Waals surface area (Å²) in [4.78, 5) is 14.2. The molecule has 1 rings (SSSR count). The van der Waals surface area contributed by atoms with Crippen molar-refractivity contribution < 1.29 is 9.18 Å². The molecule has 0 radical (unpaired) electrons. The summed E-state index contributed by atoms with van der Waals surface area (Å²) in [6.45, 7) is 1.52. The first-order valence-electron chi connectivity index (χ1n) is 3.54. The smallest absolute Gasteiger partial charge is 0.217 e. The summed E-state index contributed by atoms with van der Waals surface area (Å²) >= 11 is 0. The van der Waals surface area contributed by atoms with E-state index in [2.05, 4.69) is 10.3 Å². The van der Waals surface area contributed by atoms with Gasteiger partial charge in [0, 0.05) is 13.1 Å². The molecule has 1 N–H and O–H groups in total. The lowest BCUT2D eigenvalue weighted by Gasteiger charge is -2.01. The van der Waals surface area contributed by atoms with Crippen molar-refractivity contribution >= 4 is 5.91 Å². The van der Waals surface area contributed by atoms with Crippen LogP contribution in [0.4, 0.5) is 4.39 Å². The Bertz CT molecular complexity index is 288. The number of nitrogens with zero attached hydrogens (tertiary/aromatic N) is 1. The fraction of sp³-hybridized carbons (Fsp3) is 0.250. The van der Waals surface area contributed by atoms with Crippen molar-refractivity contribution in [3.8, 4) is 0 Å². The van der Waals surface area contributed by atoms with Gasteiger partial charge in [-0.15, -0.1) is 0 Å². The Morgan fingerprint density at radius 3 is 3.08 bits per heavy atom. The highest BCUT2D eigenvalue weighted by atomic mass is 19.1. The van der Waals surface area contributed by atoms with Crippen LogP contribution in [0.15, 0.2) is 18.3 Å².